The number of carboxylic acid groups (broad SMARTS) is 1. The Hall–Kier alpha value is -1.11. The van der Waals surface area contributed by atoms with Crippen LogP contribution >= 0.6 is 0 Å². The molecule has 0 aliphatic carbocycles. The lowest BCUT2D eigenvalue weighted by molar-refractivity contribution is -0.308. The number of rotatable bonds is 1. The van der Waals surface area contributed by atoms with E-state index in [1.807, 2.05) is 0 Å². The van der Waals surface area contributed by atoms with Crippen LogP contribution in [0.1, 0.15) is 0 Å². The number of carboxylic acids is 1. The Morgan fingerprint density at radius 3 is 2.50 bits per heavy atom. The number of hydrogen-bond acceptors (Lipinski definition) is 6. The predicted octanol–water partition coefficient (Wildman–Crippen LogP) is -3.31. The number of aliphatic hydroxyl groups is 3. The standard InChI is InChI=1S/C6H8O6/c7-2-1-3(5(9)10)12-6(11)4(2)8/h1-2,4,6-8,11H,(H,9,10)/p-1/t2-,4+,6?/m0/s1. The Morgan fingerprint density at radius 2 is 2.08 bits per heavy atom. The van der Waals surface area contributed by atoms with Crippen LogP contribution < -0.4 is 5.11 Å². The maximum Gasteiger partial charge on any atom is 0.226 e. The fourth-order valence-electron chi connectivity index (χ4n) is 0.778. The van der Waals surface area contributed by atoms with Crippen LogP contribution in [0, 0.1) is 0 Å². The van der Waals surface area contributed by atoms with Crippen molar-refractivity contribution in [3.8, 4) is 0 Å². The quantitative estimate of drug-likeness (QED) is 0.385. The molecule has 3 N–H and O–H groups in total. The van der Waals surface area contributed by atoms with Crippen molar-refractivity contribution in [2.45, 2.75) is 18.5 Å². The van der Waals surface area contributed by atoms with Gasteiger partial charge in [-0.15, -0.1) is 0 Å². The van der Waals surface area contributed by atoms with Crippen LogP contribution in [-0.4, -0.2) is 39.8 Å². The largest absolute Gasteiger partial charge is 0.542 e. The summed E-state index contributed by atoms with van der Waals surface area (Å²) in [6.45, 7) is 0. The van der Waals surface area contributed by atoms with E-state index in [1.54, 1.807) is 0 Å². The van der Waals surface area contributed by atoms with Gasteiger partial charge in [0.15, 0.2) is 0 Å². The van der Waals surface area contributed by atoms with E-state index in [4.69, 9.17) is 15.3 Å². The van der Waals surface area contributed by atoms with Gasteiger partial charge >= 0.3 is 0 Å². The van der Waals surface area contributed by atoms with E-state index in [2.05, 4.69) is 4.74 Å². The molecule has 6 heteroatoms. The molecule has 1 heterocycles. The molecule has 12 heavy (non-hydrogen) atoms. The van der Waals surface area contributed by atoms with E-state index in [0.717, 1.165) is 6.08 Å². The van der Waals surface area contributed by atoms with Crippen molar-refractivity contribution in [1.29, 1.82) is 0 Å². The molecule has 1 aliphatic heterocycles. The van der Waals surface area contributed by atoms with E-state index in [1.165, 1.54) is 0 Å². The molecule has 68 valence electrons. The van der Waals surface area contributed by atoms with Gasteiger partial charge in [-0.05, 0) is 6.08 Å². The van der Waals surface area contributed by atoms with Crippen molar-refractivity contribution >= 4 is 5.97 Å². The molecule has 6 nitrogen and oxygen atoms in total. The van der Waals surface area contributed by atoms with E-state index < -0.39 is 30.2 Å². The highest BCUT2D eigenvalue weighted by molar-refractivity contribution is 5.82. The van der Waals surface area contributed by atoms with Crippen LogP contribution in [0.5, 0.6) is 0 Å². The molecular formula is C6H7O6-. The lowest BCUT2D eigenvalue weighted by atomic mass is 10.1. The Bertz CT molecular complexity index is 222. The van der Waals surface area contributed by atoms with Crippen LogP contribution in [0.2, 0.25) is 0 Å². The molecule has 1 rings (SSSR count). The topological polar surface area (TPSA) is 110 Å². The van der Waals surface area contributed by atoms with Gasteiger partial charge in [-0.1, -0.05) is 0 Å². The average molecular weight is 175 g/mol. The molecule has 0 aromatic heterocycles. The average Bonchev–Trinajstić information content (AvgIpc) is 1.99. The molecule has 0 radical (unpaired) electrons. The van der Waals surface area contributed by atoms with Crippen LogP contribution in [0.15, 0.2) is 11.8 Å². The maximum atomic E-state index is 10.1. The fraction of sp³-hybridized carbons (Fsp3) is 0.500. The number of aliphatic carboxylic acids is 1. The van der Waals surface area contributed by atoms with Crippen molar-refractivity contribution in [3.63, 3.8) is 0 Å². The van der Waals surface area contributed by atoms with Gasteiger partial charge < -0.3 is 30.0 Å². The minimum absolute atomic E-state index is 0.680. The fourth-order valence-corrected chi connectivity index (χ4v) is 0.778. The number of aliphatic hydroxyl groups excluding tert-OH is 3. The molecule has 0 spiro atoms. The Morgan fingerprint density at radius 1 is 1.50 bits per heavy atom. The van der Waals surface area contributed by atoms with Crippen molar-refractivity contribution < 1.29 is 30.0 Å². The minimum Gasteiger partial charge on any atom is -0.542 e. The predicted molar refractivity (Wildman–Crippen MR) is 32.2 cm³/mol. The van der Waals surface area contributed by atoms with Gasteiger partial charge in [0.05, 0.1) is 0 Å². The number of carbonyl (C=O) groups excluding carboxylic acids is 1. The highest BCUT2D eigenvalue weighted by Crippen LogP contribution is 2.15. The van der Waals surface area contributed by atoms with E-state index in [9.17, 15) is 9.90 Å². The zero-order valence-corrected chi connectivity index (χ0v) is 5.88. The van der Waals surface area contributed by atoms with Crippen molar-refractivity contribution in [2.24, 2.45) is 0 Å². The van der Waals surface area contributed by atoms with Gasteiger partial charge in [-0.2, -0.15) is 0 Å². The highest BCUT2D eigenvalue weighted by atomic mass is 16.6. The minimum atomic E-state index is -1.74. The van der Waals surface area contributed by atoms with Crippen LogP contribution in [0.25, 0.3) is 0 Å². The second kappa shape index (κ2) is 3.10. The van der Waals surface area contributed by atoms with Crippen molar-refractivity contribution in [2.75, 3.05) is 0 Å². The summed E-state index contributed by atoms with van der Waals surface area (Å²) < 4.78 is 4.28. The number of ether oxygens (including phenoxy) is 1. The Kier molecular flexibility index (Phi) is 2.32. The third-order valence-electron chi connectivity index (χ3n) is 1.41. The summed E-state index contributed by atoms with van der Waals surface area (Å²) >= 11 is 0. The third kappa shape index (κ3) is 1.55. The smallest absolute Gasteiger partial charge is 0.226 e. The molecule has 0 saturated heterocycles. The second-order valence-corrected chi connectivity index (χ2v) is 2.31. The van der Waals surface area contributed by atoms with E-state index in [0.29, 0.717) is 0 Å². The number of carbonyl (C=O) groups is 1. The zero-order chi connectivity index (χ0) is 9.30. The Balaban J connectivity index is 2.81. The SMILES string of the molecule is O=C([O-])C1=C[C@H](O)[C@@H](O)C(O)O1. The summed E-state index contributed by atoms with van der Waals surface area (Å²) in [7, 11) is 0. The summed E-state index contributed by atoms with van der Waals surface area (Å²) in [5.41, 5.74) is 0. The molecule has 0 amide bonds. The maximum absolute atomic E-state index is 10.1. The molecule has 1 unspecified atom stereocenters. The molecular weight excluding hydrogens is 168 g/mol. The molecule has 0 fully saturated rings. The molecule has 0 aromatic carbocycles. The summed E-state index contributed by atoms with van der Waals surface area (Å²) in [5.74, 6) is -2.33. The lowest BCUT2D eigenvalue weighted by Gasteiger charge is -2.28. The normalized spacial score (nSPS) is 35.2. The van der Waals surface area contributed by atoms with Gasteiger partial charge in [-0.25, -0.2) is 0 Å². The van der Waals surface area contributed by atoms with Gasteiger partial charge in [0.1, 0.15) is 23.9 Å². The van der Waals surface area contributed by atoms with Crippen LogP contribution in [0.4, 0.5) is 0 Å². The van der Waals surface area contributed by atoms with Gasteiger partial charge in [0, 0.05) is 0 Å². The molecule has 3 atom stereocenters. The van der Waals surface area contributed by atoms with Crippen molar-refractivity contribution in [1.82, 2.24) is 0 Å². The first-order valence-electron chi connectivity index (χ1n) is 3.16. The molecule has 0 aromatic rings. The van der Waals surface area contributed by atoms with Crippen molar-refractivity contribution in [3.05, 3.63) is 11.8 Å². The monoisotopic (exact) mass is 175 g/mol. The molecule has 0 saturated carbocycles. The van der Waals surface area contributed by atoms with Crippen LogP contribution in [0.3, 0.4) is 0 Å². The summed E-state index contributed by atoms with van der Waals surface area (Å²) in [6.07, 6.45) is -3.97. The van der Waals surface area contributed by atoms with Gasteiger partial charge in [0.25, 0.3) is 0 Å². The lowest BCUT2D eigenvalue weighted by Crippen LogP contribution is -2.44. The highest BCUT2D eigenvalue weighted by Gasteiger charge is 2.30. The van der Waals surface area contributed by atoms with Crippen LogP contribution in [-0.2, 0) is 9.53 Å². The first-order chi connectivity index (χ1) is 5.52. The number of hydrogen-bond donors (Lipinski definition) is 3. The first-order valence-corrected chi connectivity index (χ1v) is 3.16. The van der Waals surface area contributed by atoms with E-state index in [-0.39, 0.29) is 0 Å². The zero-order valence-electron chi connectivity index (χ0n) is 5.88. The molecule has 0 bridgehead atoms. The summed E-state index contributed by atoms with van der Waals surface area (Å²) in [5, 5.41) is 36.7. The summed E-state index contributed by atoms with van der Waals surface area (Å²) in [6, 6.07) is 0. The van der Waals surface area contributed by atoms with Gasteiger partial charge in [0.2, 0.25) is 6.29 Å². The van der Waals surface area contributed by atoms with Gasteiger partial charge in [-0.3, -0.25) is 0 Å². The summed E-state index contributed by atoms with van der Waals surface area (Å²) in [4.78, 5) is 10.1. The third-order valence-corrected chi connectivity index (χ3v) is 1.41. The Labute approximate surface area is 67.3 Å². The second-order valence-electron chi connectivity index (χ2n) is 2.31. The molecule has 1 aliphatic rings. The van der Waals surface area contributed by atoms with E-state index >= 15 is 0 Å². The first kappa shape index (κ1) is 8.98.